The van der Waals surface area contributed by atoms with Crippen molar-refractivity contribution >= 4 is 11.9 Å². The number of carboxylic acids is 2. The van der Waals surface area contributed by atoms with Crippen LogP contribution in [0.2, 0.25) is 0 Å². The second kappa shape index (κ2) is 22.8. The van der Waals surface area contributed by atoms with E-state index in [2.05, 4.69) is 59.1 Å². The van der Waals surface area contributed by atoms with Crippen molar-refractivity contribution in [2.45, 2.75) is 192 Å². The summed E-state index contributed by atoms with van der Waals surface area (Å²) in [6.07, 6.45) is -1.94. The molecule has 23 unspecified atom stereocenters. The maximum Gasteiger partial charge on any atom is 1.00 e. The van der Waals surface area contributed by atoms with Crippen molar-refractivity contribution in [3.63, 3.8) is 0 Å². The Labute approximate surface area is 462 Å². The Hall–Kier alpha value is -0.620. The molecule has 2 aliphatic heterocycles. The molecule has 4 saturated carbocycles. The molecule has 8 rings (SSSR count). The Balaban J connectivity index is 0.000000257. The average molecular weight is 1020 g/mol. The van der Waals surface area contributed by atoms with E-state index in [0.29, 0.717) is 25.2 Å². The number of aliphatic hydroxyl groups excluding tert-OH is 9. The van der Waals surface area contributed by atoms with Gasteiger partial charge in [-0.25, -0.2) is 0 Å². The molecule has 71 heavy (non-hydrogen) atoms. The number of carbonyl (C=O) groups excluding carboxylic acids is 2. The number of hydrogen-bond acceptors (Lipinski definition) is 17. The number of allylic oxidation sites excluding steroid dienone is 6. The van der Waals surface area contributed by atoms with Crippen LogP contribution in [-0.2, 0) is 28.5 Å². The first-order valence-electron chi connectivity index (χ1n) is 24.9. The van der Waals surface area contributed by atoms with Gasteiger partial charge < -0.3 is 84.7 Å². The van der Waals surface area contributed by atoms with Crippen LogP contribution in [0, 0.1) is 56.2 Å². The van der Waals surface area contributed by atoms with Crippen LogP contribution < -0.4 is 69.3 Å². The van der Waals surface area contributed by atoms with Gasteiger partial charge in [0.05, 0.1) is 43.5 Å². The van der Waals surface area contributed by atoms with Crippen molar-refractivity contribution in [2.24, 2.45) is 56.2 Å². The minimum atomic E-state index is -1.88. The molecule has 9 N–H and O–H groups in total. The van der Waals surface area contributed by atoms with Crippen molar-refractivity contribution < 1.29 is 144 Å². The summed E-state index contributed by atoms with van der Waals surface area (Å²) in [5, 5.41) is 117. The molecule has 2 heterocycles. The quantitative estimate of drug-likeness (QED) is 0.0728. The normalized spacial score (nSPS) is 50.2. The summed E-state index contributed by atoms with van der Waals surface area (Å²) >= 11 is 0. The average Bonchev–Trinajstić information content (AvgIpc) is 3.30. The van der Waals surface area contributed by atoms with Gasteiger partial charge in [0, 0.05) is 10.8 Å². The van der Waals surface area contributed by atoms with E-state index in [9.17, 15) is 65.8 Å². The van der Waals surface area contributed by atoms with Crippen LogP contribution in [0.25, 0.3) is 0 Å². The van der Waals surface area contributed by atoms with Gasteiger partial charge in [0.1, 0.15) is 48.8 Å². The molecule has 390 valence electrons. The molecule has 0 bridgehead atoms. The van der Waals surface area contributed by atoms with E-state index < -0.39 is 102 Å². The number of aliphatic hydroxyl groups is 9. The fraction of sp³-hybridized carbons (Fsp3) is 0.808. The molecular weight excluding hydrogens is 943 g/mol. The van der Waals surface area contributed by atoms with Crippen LogP contribution in [0.1, 0.15) is 112 Å². The smallest absolute Gasteiger partial charge is 0.547 e. The molecule has 0 aromatic carbocycles. The van der Waals surface area contributed by atoms with E-state index >= 15 is 0 Å². The Kier molecular flexibility index (Phi) is 19.6. The second-order valence-electron chi connectivity index (χ2n) is 23.7. The molecule has 19 heteroatoms. The number of carboxylic acid groups (broad SMARTS) is 2. The van der Waals surface area contributed by atoms with Crippen molar-refractivity contribution in [2.75, 3.05) is 13.2 Å². The molecule has 0 spiro atoms. The fourth-order valence-electron chi connectivity index (χ4n) is 14.7. The minimum absolute atomic E-state index is 0. The number of rotatable bonds is 10. The summed E-state index contributed by atoms with van der Waals surface area (Å²) in [6, 6.07) is 0. The predicted octanol–water partition coefficient (Wildman–Crippen LogP) is -5.69. The molecule has 0 amide bonds. The van der Waals surface area contributed by atoms with E-state index in [1.54, 1.807) is 0 Å². The number of hydrogen-bond donors (Lipinski definition) is 9. The third-order valence-electron chi connectivity index (χ3n) is 19.2. The first kappa shape index (κ1) is 61.2. The van der Waals surface area contributed by atoms with Gasteiger partial charge in [0.15, 0.2) is 12.6 Å². The summed E-state index contributed by atoms with van der Waals surface area (Å²) in [7, 11) is 0. The zero-order chi connectivity index (χ0) is 51.0. The Morgan fingerprint density at radius 1 is 0.620 bits per heavy atom. The third kappa shape index (κ3) is 11.1. The number of carbonyl (C=O) groups is 2. The van der Waals surface area contributed by atoms with Gasteiger partial charge >= 0.3 is 59.1 Å². The largest absolute Gasteiger partial charge is 1.00 e. The molecule has 6 aliphatic carbocycles. The van der Waals surface area contributed by atoms with Gasteiger partial charge in [0.25, 0.3) is 0 Å². The van der Waals surface area contributed by atoms with Crippen molar-refractivity contribution in [1.29, 1.82) is 0 Å². The van der Waals surface area contributed by atoms with Crippen LogP contribution in [0.3, 0.4) is 0 Å². The Bertz CT molecular complexity index is 2010. The molecule has 23 atom stereocenters. The van der Waals surface area contributed by atoms with Crippen molar-refractivity contribution in [1.82, 2.24) is 0 Å². The number of aliphatic carboxylic acids is 2. The molecular formula is C52H78Na2O17. The summed E-state index contributed by atoms with van der Waals surface area (Å²) in [5.41, 5.74) is 1.04. The first-order valence-corrected chi connectivity index (χ1v) is 24.9. The van der Waals surface area contributed by atoms with Crippen LogP contribution in [-0.4, -0.2) is 151 Å². The van der Waals surface area contributed by atoms with E-state index in [1.165, 1.54) is 11.1 Å². The van der Waals surface area contributed by atoms with Crippen molar-refractivity contribution in [3.8, 4) is 0 Å². The van der Waals surface area contributed by atoms with Gasteiger partial charge in [-0.3, -0.25) is 0 Å². The summed E-state index contributed by atoms with van der Waals surface area (Å²) in [5.74, 6) is -2.73. The monoisotopic (exact) mass is 1020 g/mol. The van der Waals surface area contributed by atoms with E-state index in [0.717, 1.165) is 51.4 Å². The van der Waals surface area contributed by atoms with Crippen molar-refractivity contribution in [3.05, 3.63) is 48.6 Å². The summed E-state index contributed by atoms with van der Waals surface area (Å²) < 4.78 is 22.1. The summed E-state index contributed by atoms with van der Waals surface area (Å²) in [6.45, 7) is 20.7. The van der Waals surface area contributed by atoms with Gasteiger partial charge in [-0.15, -0.1) is 13.2 Å². The topological polar surface area (TPSA) is 299 Å². The van der Waals surface area contributed by atoms with Crippen LogP contribution in [0.5, 0.6) is 0 Å². The van der Waals surface area contributed by atoms with E-state index in [4.69, 9.17) is 18.9 Å². The molecule has 0 radical (unpaired) electrons. The second-order valence-corrected chi connectivity index (χ2v) is 23.7. The Morgan fingerprint density at radius 2 is 1.03 bits per heavy atom. The SMILES string of the molecule is C=CC1(C)CCC2C(=CCC3C(C)(COC4OC(C(=O)[O-])C(O)C(O)C4O)C(O)CCC23C)C1.C=CC1(C)CCC2C(=CCC3C2(C)CC(O)C(O)C3(C)COC2OC(C(=O)[O-])C(O)C(O)C2O)C1.[Na+].[Na+]. The van der Waals surface area contributed by atoms with Gasteiger partial charge in [-0.1, -0.05) is 77.0 Å². The maximum absolute atomic E-state index is 11.3. The fourth-order valence-corrected chi connectivity index (χ4v) is 14.7. The van der Waals surface area contributed by atoms with Crippen LogP contribution in [0.4, 0.5) is 0 Å². The standard InChI is InChI=1S/C26H40O9.C26H40O8.2Na/c1-5-24(2)9-8-14-13(10-24)6-7-16-25(14,3)11-15(27)21(31)26(16,4)12-34-23-19(30)17(28)18(29)20(35-23)22(32)33;1-5-24(2)10-8-15-14(12-24)6-7-16-25(15,3)11-9-17(27)26(16,4)13-33-23-20(30)18(28)19(29)21(34-23)22(31)32;;/h5-6,14-21,23,27-31H,1,7-12H2,2-4H3,(H,32,33);5-6,15-21,23,27-30H,1,7-13H2,2-4H3,(H,31,32);;/q;;2*+1/p-2. The summed E-state index contributed by atoms with van der Waals surface area (Å²) in [4.78, 5) is 22.6. The zero-order valence-corrected chi connectivity index (χ0v) is 47.0. The third-order valence-corrected chi connectivity index (χ3v) is 19.2. The molecule has 17 nitrogen and oxygen atoms in total. The minimum Gasteiger partial charge on any atom is -0.547 e. The molecule has 0 aromatic rings. The first-order chi connectivity index (χ1) is 32.1. The predicted molar refractivity (Wildman–Crippen MR) is 243 cm³/mol. The van der Waals surface area contributed by atoms with E-state index in [-0.39, 0.29) is 112 Å². The molecule has 2 saturated heterocycles. The maximum atomic E-state index is 11.3. The van der Waals surface area contributed by atoms with Gasteiger partial charge in [0.2, 0.25) is 0 Å². The number of fused-ring (bicyclic) bond motifs is 6. The van der Waals surface area contributed by atoms with Gasteiger partial charge in [-0.05, 0) is 116 Å². The van der Waals surface area contributed by atoms with Crippen LogP contribution >= 0.6 is 0 Å². The van der Waals surface area contributed by atoms with Crippen LogP contribution in [0.15, 0.2) is 48.6 Å². The molecule has 6 fully saturated rings. The molecule has 8 aliphatic rings. The van der Waals surface area contributed by atoms with Gasteiger partial charge in [-0.2, -0.15) is 0 Å². The zero-order valence-electron chi connectivity index (χ0n) is 43.0. The Morgan fingerprint density at radius 3 is 1.45 bits per heavy atom. The number of ether oxygens (including phenoxy) is 4. The van der Waals surface area contributed by atoms with E-state index in [1.807, 2.05) is 19.9 Å². The molecule has 0 aromatic heterocycles.